The lowest BCUT2D eigenvalue weighted by molar-refractivity contribution is -0.133. The van der Waals surface area contributed by atoms with E-state index in [1.54, 1.807) is 12.1 Å². The van der Waals surface area contributed by atoms with Gasteiger partial charge in [-0.1, -0.05) is 44.2 Å². The number of nitrogens with zero attached hydrogens (tertiary/aromatic N) is 2. The maximum absolute atomic E-state index is 12.5. The number of aryl methyl sites for hydroxylation is 1. The van der Waals surface area contributed by atoms with Crippen LogP contribution in [0.4, 0.5) is 4.79 Å². The summed E-state index contributed by atoms with van der Waals surface area (Å²) in [6.45, 7) is 3.13. The zero-order valence-electron chi connectivity index (χ0n) is 17.4. The third-order valence-electron chi connectivity index (χ3n) is 6.27. The summed E-state index contributed by atoms with van der Waals surface area (Å²) in [5.41, 5.74) is 1.15. The van der Waals surface area contributed by atoms with Gasteiger partial charge in [-0.3, -0.25) is 4.79 Å². The van der Waals surface area contributed by atoms with Crippen LogP contribution in [-0.4, -0.2) is 59.6 Å². The van der Waals surface area contributed by atoms with Crippen LogP contribution in [0.5, 0.6) is 5.75 Å². The summed E-state index contributed by atoms with van der Waals surface area (Å²) in [6.07, 6.45) is 9.98. The molecule has 2 fully saturated rings. The van der Waals surface area contributed by atoms with Gasteiger partial charge < -0.3 is 20.2 Å². The van der Waals surface area contributed by atoms with Crippen LogP contribution >= 0.6 is 0 Å². The van der Waals surface area contributed by atoms with E-state index in [-0.39, 0.29) is 17.7 Å². The monoisotopic (exact) mass is 401 g/mol. The largest absolute Gasteiger partial charge is 0.508 e. The van der Waals surface area contributed by atoms with E-state index in [2.05, 4.69) is 5.32 Å². The molecule has 1 saturated carbocycles. The highest BCUT2D eigenvalue weighted by molar-refractivity contribution is 5.77. The number of rotatable bonds is 7. The lowest BCUT2D eigenvalue weighted by Gasteiger charge is -2.35. The number of hydrogen-bond acceptors (Lipinski definition) is 3. The summed E-state index contributed by atoms with van der Waals surface area (Å²) in [5, 5.41) is 12.3. The van der Waals surface area contributed by atoms with E-state index >= 15 is 0 Å². The van der Waals surface area contributed by atoms with Crippen molar-refractivity contribution in [2.24, 2.45) is 5.92 Å². The topological polar surface area (TPSA) is 72.9 Å². The van der Waals surface area contributed by atoms with E-state index in [1.165, 1.54) is 32.1 Å². The van der Waals surface area contributed by atoms with Gasteiger partial charge in [-0.05, 0) is 42.9 Å². The fourth-order valence-electron chi connectivity index (χ4n) is 4.38. The van der Waals surface area contributed by atoms with Gasteiger partial charge in [-0.25, -0.2) is 4.79 Å². The summed E-state index contributed by atoms with van der Waals surface area (Å²) >= 11 is 0. The highest BCUT2D eigenvalue weighted by Crippen LogP contribution is 2.27. The predicted octanol–water partition coefficient (Wildman–Crippen LogP) is 3.54. The fourth-order valence-corrected chi connectivity index (χ4v) is 4.38. The molecule has 3 rings (SSSR count). The molecule has 0 unspecified atom stereocenters. The van der Waals surface area contributed by atoms with Gasteiger partial charge in [-0.15, -0.1) is 0 Å². The molecule has 160 valence electrons. The van der Waals surface area contributed by atoms with Crippen molar-refractivity contribution in [3.8, 4) is 5.75 Å². The van der Waals surface area contributed by atoms with Gasteiger partial charge in [0.1, 0.15) is 5.75 Å². The van der Waals surface area contributed by atoms with Gasteiger partial charge in [0.05, 0.1) is 0 Å². The number of carbonyl (C=O) groups excluding carboxylic acids is 2. The van der Waals surface area contributed by atoms with Gasteiger partial charge in [0.2, 0.25) is 5.91 Å². The van der Waals surface area contributed by atoms with E-state index in [9.17, 15) is 14.7 Å². The van der Waals surface area contributed by atoms with E-state index in [0.29, 0.717) is 39.1 Å². The molecule has 6 heteroatoms. The van der Waals surface area contributed by atoms with E-state index in [4.69, 9.17) is 0 Å². The summed E-state index contributed by atoms with van der Waals surface area (Å²) in [7, 11) is 0. The van der Waals surface area contributed by atoms with Crippen LogP contribution in [-0.2, 0) is 11.2 Å². The number of nitrogens with one attached hydrogen (secondary N) is 1. The first kappa shape index (κ1) is 21.5. The molecule has 1 saturated heterocycles. The van der Waals surface area contributed by atoms with Gasteiger partial charge >= 0.3 is 6.03 Å². The molecule has 2 aliphatic rings. The fraction of sp³-hybridized carbons (Fsp3) is 0.652. The van der Waals surface area contributed by atoms with Crippen molar-refractivity contribution in [2.75, 3.05) is 32.7 Å². The highest BCUT2D eigenvalue weighted by atomic mass is 16.3. The quantitative estimate of drug-likeness (QED) is 0.687. The average molecular weight is 402 g/mol. The molecular formula is C23H35N3O3. The van der Waals surface area contributed by atoms with Crippen LogP contribution in [0.15, 0.2) is 24.3 Å². The molecule has 1 aromatic carbocycles. The average Bonchev–Trinajstić information content (AvgIpc) is 2.77. The second-order valence-electron chi connectivity index (χ2n) is 8.41. The molecular weight excluding hydrogens is 366 g/mol. The van der Waals surface area contributed by atoms with Crippen LogP contribution in [0.2, 0.25) is 0 Å². The van der Waals surface area contributed by atoms with E-state index < -0.39 is 0 Å². The molecule has 1 aliphatic heterocycles. The number of amides is 3. The van der Waals surface area contributed by atoms with Crippen molar-refractivity contribution in [1.82, 2.24) is 15.1 Å². The Morgan fingerprint density at radius 2 is 1.62 bits per heavy atom. The first-order chi connectivity index (χ1) is 14.1. The van der Waals surface area contributed by atoms with Crippen LogP contribution in [0.1, 0.15) is 56.9 Å². The van der Waals surface area contributed by atoms with E-state index in [0.717, 1.165) is 30.7 Å². The zero-order chi connectivity index (χ0) is 20.5. The first-order valence-electron chi connectivity index (χ1n) is 11.2. The van der Waals surface area contributed by atoms with Crippen LogP contribution < -0.4 is 5.32 Å². The van der Waals surface area contributed by atoms with Crippen molar-refractivity contribution < 1.29 is 14.7 Å². The van der Waals surface area contributed by atoms with Crippen molar-refractivity contribution in [3.63, 3.8) is 0 Å². The van der Waals surface area contributed by atoms with Gasteiger partial charge in [0.15, 0.2) is 0 Å². The number of piperazine rings is 1. The molecule has 3 amide bonds. The lowest BCUT2D eigenvalue weighted by atomic mass is 9.86. The van der Waals surface area contributed by atoms with Crippen molar-refractivity contribution >= 4 is 11.9 Å². The number of carbonyl (C=O) groups is 2. The molecule has 1 heterocycles. The third-order valence-corrected chi connectivity index (χ3v) is 6.27. The highest BCUT2D eigenvalue weighted by Gasteiger charge is 2.24. The van der Waals surface area contributed by atoms with Crippen LogP contribution in [0.3, 0.4) is 0 Å². The molecule has 0 spiro atoms. The summed E-state index contributed by atoms with van der Waals surface area (Å²) in [6, 6.07) is 7.14. The smallest absolute Gasteiger partial charge is 0.317 e. The second-order valence-corrected chi connectivity index (χ2v) is 8.41. The van der Waals surface area contributed by atoms with Crippen LogP contribution in [0, 0.1) is 5.92 Å². The van der Waals surface area contributed by atoms with Crippen LogP contribution in [0.25, 0.3) is 0 Å². The Labute approximate surface area is 174 Å². The third kappa shape index (κ3) is 6.94. The molecule has 2 N–H and O–H groups in total. The Kier molecular flexibility index (Phi) is 8.20. The van der Waals surface area contributed by atoms with Crippen molar-refractivity contribution in [1.29, 1.82) is 0 Å². The first-order valence-corrected chi connectivity index (χ1v) is 11.2. The maximum atomic E-state index is 12.5. The van der Waals surface area contributed by atoms with Crippen molar-refractivity contribution in [2.45, 2.75) is 57.8 Å². The van der Waals surface area contributed by atoms with Gasteiger partial charge in [0.25, 0.3) is 0 Å². The Hall–Kier alpha value is -2.24. The van der Waals surface area contributed by atoms with Crippen molar-refractivity contribution in [3.05, 3.63) is 29.8 Å². The molecule has 0 radical (unpaired) electrons. The minimum absolute atomic E-state index is 0.0370. The zero-order valence-corrected chi connectivity index (χ0v) is 17.4. The Morgan fingerprint density at radius 1 is 0.966 bits per heavy atom. The molecule has 1 aliphatic carbocycles. The summed E-state index contributed by atoms with van der Waals surface area (Å²) in [5.74, 6) is 1.26. The minimum atomic E-state index is -0.0370. The Bertz CT molecular complexity index is 648. The molecule has 0 atom stereocenters. The second kappa shape index (κ2) is 11.1. The Balaban J connectivity index is 1.28. The van der Waals surface area contributed by atoms with Gasteiger partial charge in [-0.2, -0.15) is 0 Å². The summed E-state index contributed by atoms with van der Waals surface area (Å²) in [4.78, 5) is 28.6. The number of hydrogen-bond donors (Lipinski definition) is 2. The predicted molar refractivity (Wildman–Crippen MR) is 114 cm³/mol. The van der Waals surface area contributed by atoms with Gasteiger partial charge in [0, 0.05) is 39.1 Å². The normalized spacial score (nSPS) is 17.9. The number of aromatic hydroxyl groups is 1. The molecule has 0 aromatic heterocycles. The summed E-state index contributed by atoms with van der Waals surface area (Å²) < 4.78 is 0. The molecule has 29 heavy (non-hydrogen) atoms. The standard InChI is InChI=1S/C23H35N3O3/c27-21-11-8-20(9-12-21)7-4-14-24-23(29)26-17-15-25(16-18-26)22(28)13-10-19-5-2-1-3-6-19/h8-9,11-12,19,27H,1-7,10,13-18H2,(H,24,29). The molecule has 1 aromatic rings. The van der Waals surface area contributed by atoms with E-state index in [1.807, 2.05) is 21.9 Å². The minimum Gasteiger partial charge on any atom is -0.508 e. The molecule has 6 nitrogen and oxygen atoms in total. The number of phenolic OH excluding ortho intramolecular Hbond substituents is 1. The Morgan fingerprint density at radius 3 is 2.31 bits per heavy atom. The SMILES string of the molecule is O=C(CCC1CCCCC1)N1CCN(C(=O)NCCCc2ccc(O)cc2)CC1. The molecule has 0 bridgehead atoms. The number of benzene rings is 1. The lowest BCUT2D eigenvalue weighted by Crippen LogP contribution is -2.53. The number of phenols is 1. The maximum Gasteiger partial charge on any atom is 0.317 e. The number of urea groups is 1.